The van der Waals surface area contributed by atoms with Crippen LogP contribution in [0.25, 0.3) is 0 Å². The van der Waals surface area contributed by atoms with E-state index in [0.29, 0.717) is 33.9 Å². The molecule has 118 valence electrons. The molecule has 0 bridgehead atoms. The monoisotopic (exact) mass is 359 g/mol. The van der Waals surface area contributed by atoms with Crippen LogP contribution in [-0.4, -0.2) is 37.9 Å². The van der Waals surface area contributed by atoms with Crippen LogP contribution >= 0.6 is 15.9 Å². The Morgan fingerprint density at radius 3 is 2.48 bits per heavy atom. The van der Waals surface area contributed by atoms with Gasteiger partial charge in [-0.1, -0.05) is 13.8 Å². The van der Waals surface area contributed by atoms with Crippen molar-refractivity contribution in [2.45, 2.75) is 26.3 Å². The Balaban J connectivity index is 3.02. The van der Waals surface area contributed by atoms with Crippen molar-refractivity contribution < 1.29 is 19.4 Å². The molecule has 1 aromatic rings. The number of benzene rings is 1. The number of rotatable bonds is 7. The minimum atomic E-state index is -0.300. The summed E-state index contributed by atoms with van der Waals surface area (Å²) in [6.07, 6.45) is 0.704. The summed E-state index contributed by atoms with van der Waals surface area (Å²) in [7, 11) is 3.03. The van der Waals surface area contributed by atoms with Crippen molar-refractivity contribution in [3.05, 3.63) is 22.2 Å². The van der Waals surface area contributed by atoms with Gasteiger partial charge in [-0.25, -0.2) is 0 Å². The Morgan fingerprint density at radius 2 is 2.00 bits per heavy atom. The lowest BCUT2D eigenvalue weighted by Crippen LogP contribution is -2.38. The van der Waals surface area contributed by atoms with Gasteiger partial charge in [0.25, 0.3) is 5.91 Å². The average molecular weight is 360 g/mol. The molecule has 0 aromatic heterocycles. The molecule has 0 aliphatic carbocycles. The summed E-state index contributed by atoms with van der Waals surface area (Å²) in [5, 5.41) is 12.2. The zero-order chi connectivity index (χ0) is 16.0. The highest BCUT2D eigenvalue weighted by molar-refractivity contribution is 9.10. The highest BCUT2D eigenvalue weighted by atomic mass is 79.9. The number of hydrogen-bond donors (Lipinski definition) is 2. The van der Waals surface area contributed by atoms with Gasteiger partial charge in [0.2, 0.25) is 0 Å². The second-order valence-corrected chi connectivity index (χ2v) is 6.03. The molecule has 0 saturated heterocycles. The lowest BCUT2D eigenvalue weighted by Gasteiger charge is -2.19. The van der Waals surface area contributed by atoms with E-state index in [2.05, 4.69) is 21.2 Å². The highest BCUT2D eigenvalue weighted by Crippen LogP contribution is 2.33. The number of aliphatic hydroxyl groups is 1. The molecule has 5 nitrogen and oxygen atoms in total. The highest BCUT2D eigenvalue weighted by Gasteiger charge is 2.20. The van der Waals surface area contributed by atoms with Crippen LogP contribution in [0, 0.1) is 5.92 Å². The molecule has 0 spiro atoms. The molecule has 0 aliphatic rings. The number of nitrogens with one attached hydrogen (secondary N) is 1. The minimum Gasteiger partial charge on any atom is -0.497 e. The molecule has 0 heterocycles. The first-order valence-corrected chi connectivity index (χ1v) is 7.55. The summed E-state index contributed by atoms with van der Waals surface area (Å²) in [5.74, 6) is 1.07. The summed E-state index contributed by atoms with van der Waals surface area (Å²) in [5.41, 5.74) is 0.367. The lowest BCUT2D eigenvalue weighted by atomic mass is 10.0. The molecule has 1 amide bonds. The van der Waals surface area contributed by atoms with E-state index >= 15 is 0 Å². The van der Waals surface area contributed by atoms with Gasteiger partial charge in [0, 0.05) is 0 Å². The van der Waals surface area contributed by atoms with E-state index in [4.69, 9.17) is 9.47 Å². The molecular weight excluding hydrogens is 338 g/mol. The van der Waals surface area contributed by atoms with Gasteiger partial charge in [0.1, 0.15) is 11.5 Å². The van der Waals surface area contributed by atoms with Crippen molar-refractivity contribution in [1.29, 1.82) is 0 Å². The van der Waals surface area contributed by atoms with Crippen molar-refractivity contribution in [3.63, 3.8) is 0 Å². The largest absolute Gasteiger partial charge is 0.497 e. The Morgan fingerprint density at radius 1 is 1.33 bits per heavy atom. The molecule has 1 aromatic carbocycles. The fraction of sp³-hybridized carbons (Fsp3) is 0.533. The molecule has 0 aliphatic heterocycles. The van der Waals surface area contributed by atoms with Crippen molar-refractivity contribution in [1.82, 2.24) is 5.32 Å². The van der Waals surface area contributed by atoms with E-state index in [0.717, 1.165) is 0 Å². The summed E-state index contributed by atoms with van der Waals surface area (Å²) in [6.45, 7) is 3.98. The van der Waals surface area contributed by atoms with Gasteiger partial charge in [0.15, 0.2) is 0 Å². The molecule has 0 fully saturated rings. The molecular formula is C15H22BrNO4. The van der Waals surface area contributed by atoms with Gasteiger partial charge < -0.3 is 19.9 Å². The maximum absolute atomic E-state index is 12.4. The topological polar surface area (TPSA) is 67.8 Å². The van der Waals surface area contributed by atoms with Crippen LogP contribution < -0.4 is 14.8 Å². The Hall–Kier alpha value is -1.27. The minimum absolute atomic E-state index is 0.0998. The van der Waals surface area contributed by atoms with Crippen molar-refractivity contribution in [3.8, 4) is 11.5 Å². The molecule has 0 saturated carbocycles. The second kappa shape index (κ2) is 8.24. The first-order chi connectivity index (χ1) is 9.92. The molecule has 2 N–H and O–H groups in total. The van der Waals surface area contributed by atoms with Gasteiger partial charge in [-0.05, 0) is 40.4 Å². The van der Waals surface area contributed by atoms with Crippen molar-refractivity contribution in [2.24, 2.45) is 5.92 Å². The van der Waals surface area contributed by atoms with Crippen LogP contribution in [0.4, 0.5) is 0 Å². The van der Waals surface area contributed by atoms with Crippen molar-refractivity contribution in [2.75, 3.05) is 20.8 Å². The maximum Gasteiger partial charge on any atom is 0.255 e. The zero-order valence-corrected chi connectivity index (χ0v) is 14.4. The number of aliphatic hydroxyl groups excluding tert-OH is 1. The third kappa shape index (κ3) is 4.89. The second-order valence-electron chi connectivity index (χ2n) is 5.17. The van der Waals surface area contributed by atoms with E-state index in [1.807, 2.05) is 13.8 Å². The van der Waals surface area contributed by atoms with Gasteiger partial charge in [-0.15, -0.1) is 0 Å². The number of carbonyl (C=O) groups is 1. The Bertz CT molecular complexity index is 491. The number of ether oxygens (including phenoxy) is 2. The van der Waals surface area contributed by atoms with E-state index in [1.165, 1.54) is 14.2 Å². The van der Waals surface area contributed by atoms with E-state index in [1.54, 1.807) is 12.1 Å². The van der Waals surface area contributed by atoms with Crippen molar-refractivity contribution >= 4 is 21.8 Å². The molecule has 1 atom stereocenters. The quantitative estimate of drug-likeness (QED) is 0.785. The molecule has 1 unspecified atom stereocenters. The lowest BCUT2D eigenvalue weighted by molar-refractivity contribution is 0.0905. The van der Waals surface area contributed by atoms with Crippen LogP contribution in [0.2, 0.25) is 0 Å². The molecule has 21 heavy (non-hydrogen) atoms. The first kappa shape index (κ1) is 17.8. The van der Waals surface area contributed by atoms with E-state index in [9.17, 15) is 9.90 Å². The number of amides is 1. The van der Waals surface area contributed by atoms with Crippen LogP contribution in [0.15, 0.2) is 16.6 Å². The average Bonchev–Trinajstić information content (AvgIpc) is 2.44. The predicted molar refractivity (Wildman–Crippen MR) is 85.0 cm³/mol. The Labute approximate surface area is 133 Å². The third-order valence-electron chi connectivity index (χ3n) is 3.01. The number of hydrogen-bond acceptors (Lipinski definition) is 4. The number of carbonyl (C=O) groups excluding carboxylic acids is 1. The number of methoxy groups -OCH3 is 2. The van der Waals surface area contributed by atoms with Gasteiger partial charge in [-0.2, -0.15) is 0 Å². The summed E-state index contributed by atoms with van der Waals surface area (Å²) in [4.78, 5) is 12.4. The summed E-state index contributed by atoms with van der Waals surface area (Å²) in [6, 6.07) is 3.06. The molecule has 0 radical (unpaired) electrons. The number of halogens is 1. The third-order valence-corrected chi connectivity index (χ3v) is 3.60. The van der Waals surface area contributed by atoms with Gasteiger partial charge in [0.05, 0.1) is 36.9 Å². The summed E-state index contributed by atoms with van der Waals surface area (Å²) < 4.78 is 11.1. The normalized spacial score (nSPS) is 12.1. The van der Waals surface area contributed by atoms with Gasteiger partial charge >= 0.3 is 0 Å². The smallest absolute Gasteiger partial charge is 0.255 e. The Kier molecular flexibility index (Phi) is 6.98. The standard InChI is InChI=1S/C15H22BrNO4/c1-9(2)5-10(8-18)17-15(19)12-6-11(20-3)7-13(16)14(12)21-4/h6-7,9-10,18H,5,8H2,1-4H3,(H,17,19). The van der Waals surface area contributed by atoms with E-state index < -0.39 is 0 Å². The summed E-state index contributed by atoms with van der Waals surface area (Å²) >= 11 is 3.36. The molecule has 1 rings (SSSR count). The van der Waals surface area contributed by atoms with Crippen LogP contribution in [0.5, 0.6) is 11.5 Å². The zero-order valence-electron chi connectivity index (χ0n) is 12.8. The van der Waals surface area contributed by atoms with Crippen LogP contribution in [-0.2, 0) is 0 Å². The van der Waals surface area contributed by atoms with E-state index in [-0.39, 0.29) is 18.6 Å². The van der Waals surface area contributed by atoms with Crippen LogP contribution in [0.3, 0.4) is 0 Å². The predicted octanol–water partition coefficient (Wildman–Crippen LogP) is 2.60. The maximum atomic E-state index is 12.4. The first-order valence-electron chi connectivity index (χ1n) is 6.76. The van der Waals surface area contributed by atoms with Gasteiger partial charge in [-0.3, -0.25) is 4.79 Å². The fourth-order valence-corrected chi connectivity index (χ4v) is 2.67. The fourth-order valence-electron chi connectivity index (χ4n) is 2.07. The SMILES string of the molecule is COc1cc(Br)c(OC)c(C(=O)NC(CO)CC(C)C)c1. The van der Waals surface area contributed by atoms with Crippen LogP contribution in [0.1, 0.15) is 30.6 Å². The molecule has 6 heteroatoms.